The van der Waals surface area contributed by atoms with Gasteiger partial charge in [-0.2, -0.15) is 0 Å². The number of carboxylic acids is 2. The van der Waals surface area contributed by atoms with Crippen LogP contribution in [0.2, 0.25) is 0 Å². The highest BCUT2D eigenvalue weighted by molar-refractivity contribution is 5.97. The Morgan fingerprint density at radius 2 is 1.62 bits per heavy atom. The van der Waals surface area contributed by atoms with Gasteiger partial charge in [0.05, 0.1) is 25.6 Å². The highest BCUT2D eigenvalue weighted by Crippen LogP contribution is 2.22. The quantitative estimate of drug-likeness (QED) is 0.397. The standard InChI is InChI=1S/C21H35N3O2.C4H4O4/c1-8-23(9-2)11-10-12-24(19(7)25)18(6)21(26)22-20-16(4)13-15(3)14-17(20)5;5-3(6)1-2-4(7)8/h13-14,18H,8-12H2,1-7H3,(H,22,26);1-2H,(H,5,6)(H,7,8)/b;2-1+. The first kappa shape index (κ1) is 30.8. The third-order valence-electron chi connectivity index (χ3n) is 5.47. The summed E-state index contributed by atoms with van der Waals surface area (Å²) in [6.45, 7) is 17.5. The molecule has 1 aromatic carbocycles. The highest BCUT2D eigenvalue weighted by Gasteiger charge is 2.24. The van der Waals surface area contributed by atoms with Gasteiger partial charge in [0.1, 0.15) is 6.04 Å². The molecular formula is C25H39N3O6. The minimum atomic E-state index is -1.51. The van der Waals surface area contributed by atoms with Crippen LogP contribution in [0.4, 0.5) is 5.69 Å². The first-order valence-electron chi connectivity index (χ1n) is 11.4. The van der Waals surface area contributed by atoms with Crippen molar-refractivity contribution in [2.45, 2.75) is 60.9 Å². The fourth-order valence-corrected chi connectivity index (χ4v) is 3.61. The average molecular weight is 478 g/mol. The Hall–Kier alpha value is -3.20. The summed E-state index contributed by atoms with van der Waals surface area (Å²) >= 11 is 0. The smallest absolute Gasteiger partial charge is 0.328 e. The molecule has 0 aromatic heterocycles. The molecule has 0 aliphatic heterocycles. The third kappa shape index (κ3) is 11.6. The number of carbonyl (C=O) groups excluding carboxylic acids is 3. The van der Waals surface area contributed by atoms with E-state index in [1.165, 1.54) is 17.4 Å². The zero-order valence-electron chi connectivity index (χ0n) is 21.4. The van der Waals surface area contributed by atoms with Crippen LogP contribution >= 0.6 is 0 Å². The molecule has 1 atom stereocenters. The molecule has 0 aliphatic carbocycles. The van der Waals surface area contributed by atoms with Crippen molar-refractivity contribution >= 4 is 29.4 Å². The van der Waals surface area contributed by atoms with E-state index in [-0.39, 0.29) is 11.8 Å². The summed E-state index contributed by atoms with van der Waals surface area (Å²) < 4.78 is 0. The molecule has 9 heteroatoms. The summed E-state index contributed by atoms with van der Waals surface area (Å²) in [4.78, 5) is 47.0. The minimum absolute atomic E-state index is 0.0560. The Labute approximate surface area is 202 Å². The first-order chi connectivity index (χ1) is 15.8. The second kappa shape index (κ2) is 15.6. The zero-order valence-corrected chi connectivity index (χ0v) is 21.4. The molecule has 1 rings (SSSR count). The molecule has 0 radical (unpaired) electrons. The largest absolute Gasteiger partial charge is 0.545 e. The van der Waals surface area contributed by atoms with Gasteiger partial charge in [-0.25, -0.2) is 4.79 Å². The van der Waals surface area contributed by atoms with E-state index < -0.39 is 18.0 Å². The van der Waals surface area contributed by atoms with E-state index in [4.69, 9.17) is 5.11 Å². The van der Waals surface area contributed by atoms with E-state index in [9.17, 15) is 24.3 Å². The van der Waals surface area contributed by atoms with Crippen molar-refractivity contribution in [3.05, 3.63) is 41.0 Å². The number of aliphatic carboxylic acids is 2. The van der Waals surface area contributed by atoms with E-state index in [0.29, 0.717) is 18.7 Å². The fourth-order valence-electron chi connectivity index (χ4n) is 3.61. The van der Waals surface area contributed by atoms with Gasteiger partial charge in [-0.05, 0) is 58.7 Å². The molecule has 0 saturated carbocycles. The number of aryl methyl sites for hydroxylation is 3. The molecule has 34 heavy (non-hydrogen) atoms. The van der Waals surface area contributed by atoms with E-state index in [2.05, 4.69) is 31.3 Å². The van der Waals surface area contributed by atoms with Crippen LogP contribution in [0.1, 0.15) is 50.8 Å². The lowest BCUT2D eigenvalue weighted by atomic mass is 10.0. The van der Waals surface area contributed by atoms with Gasteiger partial charge in [0, 0.05) is 31.7 Å². The van der Waals surface area contributed by atoms with Crippen molar-refractivity contribution in [2.24, 2.45) is 0 Å². The molecule has 0 bridgehead atoms. The predicted octanol–water partition coefficient (Wildman–Crippen LogP) is 0.479. The molecule has 190 valence electrons. The van der Waals surface area contributed by atoms with Gasteiger partial charge in [-0.1, -0.05) is 17.7 Å². The van der Waals surface area contributed by atoms with Crippen LogP contribution in [-0.2, 0) is 19.2 Å². The molecule has 9 nitrogen and oxygen atoms in total. The molecule has 3 N–H and O–H groups in total. The van der Waals surface area contributed by atoms with Crippen LogP contribution in [-0.4, -0.2) is 66.0 Å². The summed E-state index contributed by atoms with van der Waals surface area (Å²) in [6.07, 6.45) is 1.84. The van der Waals surface area contributed by atoms with Gasteiger partial charge in [0.25, 0.3) is 0 Å². The number of nitrogens with one attached hydrogen (secondary N) is 2. The number of hydrogen-bond acceptors (Lipinski definition) is 5. The summed E-state index contributed by atoms with van der Waals surface area (Å²) in [7, 11) is 0. The lowest BCUT2D eigenvalue weighted by Gasteiger charge is -2.28. The Balaban J connectivity index is 0.00000116. The number of nitrogens with zero attached hydrogens (tertiary/aromatic N) is 1. The fraction of sp³-hybridized carbons (Fsp3) is 0.520. The van der Waals surface area contributed by atoms with E-state index in [0.717, 1.165) is 42.9 Å². The van der Waals surface area contributed by atoms with Crippen LogP contribution in [0, 0.1) is 20.8 Å². The minimum Gasteiger partial charge on any atom is -0.545 e. The molecule has 0 saturated heterocycles. The van der Waals surface area contributed by atoms with Gasteiger partial charge in [0.2, 0.25) is 11.8 Å². The van der Waals surface area contributed by atoms with E-state index in [1.54, 1.807) is 11.8 Å². The van der Waals surface area contributed by atoms with Gasteiger partial charge < -0.3 is 30.1 Å². The van der Waals surface area contributed by atoms with Crippen LogP contribution in [0.5, 0.6) is 0 Å². The van der Waals surface area contributed by atoms with Crippen LogP contribution < -0.4 is 15.3 Å². The Kier molecular flexibility index (Phi) is 14.1. The Bertz CT molecular complexity index is 838. The highest BCUT2D eigenvalue weighted by atomic mass is 16.4. The normalized spacial score (nSPS) is 11.5. The lowest BCUT2D eigenvalue weighted by molar-refractivity contribution is -0.896. The SMILES string of the molecule is CC[NH+](CC)CCCN(C(C)=O)C(C)C(=O)Nc1c(C)cc(C)cc1C.O=C([O-])/C=C/C(=O)O. The van der Waals surface area contributed by atoms with Crippen molar-refractivity contribution in [3.8, 4) is 0 Å². The number of amides is 2. The van der Waals surface area contributed by atoms with Crippen molar-refractivity contribution in [2.75, 3.05) is 31.5 Å². The number of benzene rings is 1. The molecule has 0 heterocycles. The number of rotatable bonds is 11. The third-order valence-corrected chi connectivity index (χ3v) is 5.47. The lowest BCUT2D eigenvalue weighted by Crippen LogP contribution is -3.11. The molecule has 2 amide bonds. The Morgan fingerprint density at radius 3 is 2.00 bits per heavy atom. The van der Waals surface area contributed by atoms with Gasteiger partial charge >= 0.3 is 5.97 Å². The summed E-state index contributed by atoms with van der Waals surface area (Å²) in [5, 5.41) is 20.3. The van der Waals surface area contributed by atoms with Crippen LogP contribution in [0.25, 0.3) is 0 Å². The summed E-state index contributed by atoms with van der Waals surface area (Å²) in [5.74, 6) is -2.99. The Morgan fingerprint density at radius 1 is 1.09 bits per heavy atom. The molecule has 0 fully saturated rings. The first-order valence-corrected chi connectivity index (χ1v) is 11.4. The number of carbonyl (C=O) groups is 4. The average Bonchev–Trinajstić information content (AvgIpc) is 2.74. The number of carboxylic acid groups (broad SMARTS) is 2. The predicted molar refractivity (Wildman–Crippen MR) is 129 cm³/mol. The summed E-state index contributed by atoms with van der Waals surface area (Å²) in [6, 6.07) is 3.63. The molecule has 1 unspecified atom stereocenters. The molecule has 0 aliphatic rings. The van der Waals surface area contributed by atoms with Crippen molar-refractivity contribution < 1.29 is 34.3 Å². The topological polar surface area (TPSA) is 131 Å². The second-order valence-electron chi connectivity index (χ2n) is 8.20. The number of anilines is 1. The van der Waals surface area contributed by atoms with Crippen LogP contribution in [0.3, 0.4) is 0 Å². The van der Waals surface area contributed by atoms with E-state index >= 15 is 0 Å². The van der Waals surface area contributed by atoms with Crippen molar-refractivity contribution in [3.63, 3.8) is 0 Å². The van der Waals surface area contributed by atoms with Gasteiger partial charge in [-0.15, -0.1) is 0 Å². The maximum absolute atomic E-state index is 12.7. The molecule has 0 spiro atoms. The van der Waals surface area contributed by atoms with Crippen molar-refractivity contribution in [1.82, 2.24) is 4.90 Å². The van der Waals surface area contributed by atoms with Crippen molar-refractivity contribution in [1.29, 1.82) is 0 Å². The second-order valence-corrected chi connectivity index (χ2v) is 8.20. The zero-order chi connectivity index (χ0) is 26.4. The van der Waals surface area contributed by atoms with Gasteiger partial charge in [-0.3, -0.25) is 9.59 Å². The maximum Gasteiger partial charge on any atom is 0.328 e. The maximum atomic E-state index is 12.7. The van der Waals surface area contributed by atoms with Gasteiger partial charge in [0.15, 0.2) is 0 Å². The van der Waals surface area contributed by atoms with E-state index in [1.807, 2.05) is 20.8 Å². The molecular weight excluding hydrogens is 438 g/mol. The van der Waals surface area contributed by atoms with Crippen LogP contribution in [0.15, 0.2) is 24.3 Å². The number of hydrogen-bond donors (Lipinski definition) is 3. The molecule has 1 aromatic rings. The monoisotopic (exact) mass is 477 g/mol. The number of quaternary nitrogens is 1. The summed E-state index contributed by atoms with van der Waals surface area (Å²) in [5.41, 5.74) is 4.11.